The molecule has 1 atom stereocenters. The zero-order valence-electron chi connectivity index (χ0n) is 14.3. The second-order valence-electron chi connectivity index (χ2n) is 6.75. The van der Waals surface area contributed by atoms with E-state index in [0.29, 0.717) is 11.1 Å². The van der Waals surface area contributed by atoms with Crippen LogP contribution in [0.2, 0.25) is 0 Å². The monoisotopic (exact) mass is 317 g/mol. The summed E-state index contributed by atoms with van der Waals surface area (Å²) in [4.78, 5) is 38.3. The zero-order chi connectivity index (χ0) is 17.3. The van der Waals surface area contributed by atoms with Crippen molar-refractivity contribution in [3.63, 3.8) is 0 Å². The lowest BCUT2D eigenvalue weighted by Crippen LogP contribution is -2.45. The second-order valence-corrected chi connectivity index (χ2v) is 6.75. The number of hydrogen-bond donors (Lipinski definition) is 0. The topological polar surface area (TPSA) is 63.7 Å². The largest absolute Gasteiger partial charge is 0.441 e. The first kappa shape index (κ1) is 17.2. The quantitative estimate of drug-likeness (QED) is 0.618. The molecule has 1 unspecified atom stereocenters. The Hall–Kier alpha value is -2.17. The van der Waals surface area contributed by atoms with Gasteiger partial charge in [0.15, 0.2) is 6.23 Å². The molecule has 1 aliphatic rings. The first-order valence-corrected chi connectivity index (χ1v) is 7.90. The second kappa shape index (κ2) is 6.52. The van der Waals surface area contributed by atoms with Crippen LogP contribution in [0.3, 0.4) is 0 Å². The summed E-state index contributed by atoms with van der Waals surface area (Å²) >= 11 is 0. The smallest absolute Gasteiger partial charge is 0.307 e. The average Bonchev–Trinajstić information content (AvgIpc) is 2.67. The lowest BCUT2D eigenvalue weighted by atomic mass is 10.1. The molecular weight excluding hydrogens is 294 g/mol. The number of carbonyl (C=O) groups is 3. The van der Waals surface area contributed by atoms with E-state index >= 15 is 0 Å². The third-order valence-corrected chi connectivity index (χ3v) is 3.73. The number of esters is 1. The van der Waals surface area contributed by atoms with Gasteiger partial charge < -0.3 is 4.74 Å². The highest BCUT2D eigenvalue weighted by Crippen LogP contribution is 2.28. The van der Waals surface area contributed by atoms with Gasteiger partial charge in [0, 0.05) is 12.3 Å². The zero-order valence-corrected chi connectivity index (χ0v) is 14.3. The molecule has 0 N–H and O–H groups in total. The Balaban J connectivity index is 2.29. The Morgan fingerprint density at radius 2 is 1.70 bits per heavy atom. The third-order valence-electron chi connectivity index (χ3n) is 3.73. The van der Waals surface area contributed by atoms with Crippen LogP contribution in [0.25, 0.3) is 0 Å². The van der Waals surface area contributed by atoms with E-state index in [2.05, 4.69) is 0 Å². The van der Waals surface area contributed by atoms with Crippen molar-refractivity contribution in [1.29, 1.82) is 0 Å². The van der Waals surface area contributed by atoms with E-state index < -0.39 is 24.0 Å². The summed E-state index contributed by atoms with van der Waals surface area (Å²) < 4.78 is 5.45. The molecule has 23 heavy (non-hydrogen) atoms. The SMILES string of the molecule is Cc1ccc2c(c1)C(=O)N(C(OC(=O)CC(C)C)C(C)C)C2=O. The van der Waals surface area contributed by atoms with Gasteiger partial charge in [0.2, 0.25) is 0 Å². The van der Waals surface area contributed by atoms with Crippen LogP contribution in [-0.2, 0) is 9.53 Å². The Labute approximate surface area is 136 Å². The molecule has 2 amide bonds. The Bertz CT molecular complexity index is 648. The first-order valence-electron chi connectivity index (χ1n) is 7.90. The molecule has 0 aromatic heterocycles. The van der Waals surface area contributed by atoms with Gasteiger partial charge in [-0.15, -0.1) is 0 Å². The van der Waals surface area contributed by atoms with Gasteiger partial charge in [-0.25, -0.2) is 4.90 Å². The Morgan fingerprint density at radius 1 is 1.09 bits per heavy atom. The molecule has 0 saturated heterocycles. The minimum absolute atomic E-state index is 0.153. The van der Waals surface area contributed by atoms with Gasteiger partial charge in [-0.1, -0.05) is 39.3 Å². The number of carbonyl (C=O) groups excluding carboxylic acids is 3. The van der Waals surface area contributed by atoms with Crippen LogP contribution in [0, 0.1) is 18.8 Å². The molecule has 0 aliphatic carbocycles. The van der Waals surface area contributed by atoms with Crippen LogP contribution in [0.15, 0.2) is 18.2 Å². The molecule has 1 heterocycles. The minimum atomic E-state index is -0.881. The maximum absolute atomic E-state index is 12.6. The number of nitrogens with zero attached hydrogens (tertiary/aromatic N) is 1. The van der Waals surface area contributed by atoms with Crippen molar-refractivity contribution in [1.82, 2.24) is 4.90 Å². The lowest BCUT2D eigenvalue weighted by molar-refractivity contribution is -0.159. The van der Waals surface area contributed by atoms with E-state index in [-0.39, 0.29) is 18.3 Å². The lowest BCUT2D eigenvalue weighted by Gasteiger charge is -2.29. The molecule has 5 nitrogen and oxygen atoms in total. The number of amides is 2. The van der Waals surface area contributed by atoms with Crippen LogP contribution >= 0.6 is 0 Å². The molecule has 2 rings (SSSR count). The van der Waals surface area contributed by atoms with Crippen LogP contribution in [0.1, 0.15) is 60.4 Å². The average molecular weight is 317 g/mol. The third kappa shape index (κ3) is 3.44. The van der Waals surface area contributed by atoms with Crippen molar-refractivity contribution in [2.45, 2.75) is 47.3 Å². The molecule has 0 bridgehead atoms. The predicted molar refractivity (Wildman–Crippen MR) is 85.9 cm³/mol. The highest BCUT2D eigenvalue weighted by Gasteiger charge is 2.42. The molecule has 0 radical (unpaired) electrons. The molecule has 0 fully saturated rings. The van der Waals surface area contributed by atoms with Gasteiger partial charge in [0.25, 0.3) is 11.8 Å². The molecule has 0 saturated carbocycles. The van der Waals surface area contributed by atoms with E-state index in [1.807, 2.05) is 34.6 Å². The highest BCUT2D eigenvalue weighted by molar-refractivity contribution is 6.21. The number of fused-ring (bicyclic) bond motifs is 1. The maximum atomic E-state index is 12.6. The molecule has 1 aliphatic heterocycles. The molecule has 1 aromatic carbocycles. The Kier molecular flexibility index (Phi) is 4.88. The fourth-order valence-corrected chi connectivity index (χ4v) is 2.61. The number of imide groups is 1. The first-order chi connectivity index (χ1) is 10.7. The van der Waals surface area contributed by atoms with Gasteiger partial charge in [-0.3, -0.25) is 14.4 Å². The van der Waals surface area contributed by atoms with E-state index in [1.54, 1.807) is 18.2 Å². The van der Waals surface area contributed by atoms with E-state index in [9.17, 15) is 14.4 Å². The van der Waals surface area contributed by atoms with Crippen molar-refractivity contribution in [2.24, 2.45) is 11.8 Å². The van der Waals surface area contributed by atoms with E-state index in [1.165, 1.54) is 0 Å². The fourth-order valence-electron chi connectivity index (χ4n) is 2.61. The summed E-state index contributed by atoms with van der Waals surface area (Å²) in [7, 11) is 0. The number of ether oxygens (including phenoxy) is 1. The molecule has 124 valence electrons. The summed E-state index contributed by atoms with van der Waals surface area (Å²) in [5, 5.41) is 0. The minimum Gasteiger partial charge on any atom is -0.441 e. The maximum Gasteiger partial charge on any atom is 0.307 e. The summed E-state index contributed by atoms with van der Waals surface area (Å²) in [5.41, 5.74) is 1.65. The molecular formula is C18H23NO4. The highest BCUT2D eigenvalue weighted by atomic mass is 16.6. The molecule has 1 aromatic rings. The van der Waals surface area contributed by atoms with Gasteiger partial charge in [0.1, 0.15) is 0 Å². The molecule has 0 spiro atoms. The van der Waals surface area contributed by atoms with Crippen molar-refractivity contribution in [3.05, 3.63) is 34.9 Å². The summed E-state index contributed by atoms with van der Waals surface area (Å²) in [5.74, 6) is -1.23. The summed E-state index contributed by atoms with van der Waals surface area (Å²) in [6.07, 6.45) is -0.625. The number of benzene rings is 1. The van der Waals surface area contributed by atoms with Crippen molar-refractivity contribution < 1.29 is 19.1 Å². The standard InChI is InChI=1S/C18H23NO4/c1-10(2)8-15(20)23-18(11(3)4)19-16(21)13-7-6-12(5)9-14(13)17(19)22/h6-7,9-11,18H,8H2,1-5H3. The normalized spacial score (nSPS) is 15.3. The van der Waals surface area contributed by atoms with E-state index in [0.717, 1.165) is 10.5 Å². The predicted octanol–water partition coefficient (Wildman–Crippen LogP) is 3.16. The number of rotatable bonds is 5. The van der Waals surface area contributed by atoms with Crippen molar-refractivity contribution in [3.8, 4) is 0 Å². The van der Waals surface area contributed by atoms with Gasteiger partial charge in [0.05, 0.1) is 11.1 Å². The van der Waals surface area contributed by atoms with Crippen LogP contribution in [-0.4, -0.2) is 28.9 Å². The van der Waals surface area contributed by atoms with Crippen LogP contribution in [0.5, 0.6) is 0 Å². The van der Waals surface area contributed by atoms with Crippen LogP contribution in [0.4, 0.5) is 0 Å². The van der Waals surface area contributed by atoms with Gasteiger partial charge in [-0.05, 0) is 25.0 Å². The van der Waals surface area contributed by atoms with E-state index in [4.69, 9.17) is 4.74 Å². The summed E-state index contributed by atoms with van der Waals surface area (Å²) in [6.45, 7) is 9.33. The Morgan fingerprint density at radius 3 is 2.26 bits per heavy atom. The number of aryl methyl sites for hydroxylation is 1. The fraction of sp³-hybridized carbons (Fsp3) is 0.500. The van der Waals surface area contributed by atoms with Crippen molar-refractivity contribution >= 4 is 17.8 Å². The van der Waals surface area contributed by atoms with Crippen molar-refractivity contribution in [2.75, 3.05) is 0 Å². The number of hydrogen-bond acceptors (Lipinski definition) is 4. The van der Waals surface area contributed by atoms with Crippen LogP contribution < -0.4 is 0 Å². The molecule has 5 heteroatoms. The van der Waals surface area contributed by atoms with Gasteiger partial charge in [-0.2, -0.15) is 0 Å². The van der Waals surface area contributed by atoms with Gasteiger partial charge >= 0.3 is 5.97 Å². The summed E-state index contributed by atoms with van der Waals surface area (Å²) in [6, 6.07) is 5.14.